The summed E-state index contributed by atoms with van der Waals surface area (Å²) in [7, 11) is 1.16. The molecule has 7 heteroatoms. The summed E-state index contributed by atoms with van der Waals surface area (Å²) >= 11 is 5.39. The third-order valence-corrected chi connectivity index (χ3v) is 2.72. The molecule has 0 saturated carbocycles. The third-order valence-electron chi connectivity index (χ3n) is 1.45. The fourth-order valence-corrected chi connectivity index (χ4v) is 2.02. The minimum absolute atomic E-state index is 0.0357. The van der Waals surface area contributed by atoms with E-state index in [0.717, 1.165) is 12.1 Å². The van der Waals surface area contributed by atoms with Crippen LogP contribution in [0.5, 0.6) is 5.75 Å². The van der Waals surface area contributed by atoms with Gasteiger partial charge in [0.15, 0.2) is 0 Å². The van der Waals surface area contributed by atoms with Gasteiger partial charge in [-0.3, -0.25) is 0 Å². The van der Waals surface area contributed by atoms with Gasteiger partial charge >= 0.3 is 0 Å². The average molecular weight is 259 g/mol. The van der Waals surface area contributed by atoms with Crippen molar-refractivity contribution in [3.63, 3.8) is 0 Å². The number of benzene rings is 1. The Bertz CT molecular complexity index is 458. The van der Waals surface area contributed by atoms with Crippen LogP contribution in [0.15, 0.2) is 12.1 Å². The molecule has 3 nitrogen and oxygen atoms in total. The predicted octanol–water partition coefficient (Wildman–Crippen LogP) is 2.25. The van der Waals surface area contributed by atoms with E-state index in [9.17, 15) is 12.8 Å². The lowest BCUT2D eigenvalue weighted by Crippen LogP contribution is -1.96. The Morgan fingerprint density at radius 2 is 2.00 bits per heavy atom. The van der Waals surface area contributed by atoms with Gasteiger partial charge in [-0.2, -0.15) is 0 Å². The van der Waals surface area contributed by atoms with E-state index >= 15 is 0 Å². The maximum Gasteiger partial charge on any atom is 0.236 e. The van der Waals surface area contributed by atoms with Crippen molar-refractivity contribution in [2.75, 3.05) is 0 Å². The predicted molar refractivity (Wildman–Crippen MR) is 51.6 cm³/mol. The minimum atomic E-state index is -3.80. The molecular weight excluding hydrogens is 254 g/mol. The highest BCUT2D eigenvalue weighted by atomic mass is 35.7. The van der Waals surface area contributed by atoms with E-state index in [-0.39, 0.29) is 10.6 Å². The molecule has 0 aliphatic heterocycles. The molecule has 0 amide bonds. The number of halogens is 3. The first kappa shape index (κ1) is 11.6. The average Bonchev–Trinajstić information content (AvgIpc) is 1.97. The van der Waals surface area contributed by atoms with E-state index in [4.69, 9.17) is 27.4 Å². The summed E-state index contributed by atoms with van der Waals surface area (Å²) in [6.45, 7) is 0. The molecular formula is C7H5Cl2FO3S. The monoisotopic (exact) mass is 258 g/mol. The summed E-state index contributed by atoms with van der Waals surface area (Å²) in [5.74, 6) is -1.91. The first-order valence-electron chi connectivity index (χ1n) is 3.39. The van der Waals surface area contributed by atoms with Crippen molar-refractivity contribution in [3.8, 4) is 5.75 Å². The second-order valence-electron chi connectivity index (χ2n) is 2.58. The number of aromatic hydroxyl groups is 1. The van der Waals surface area contributed by atoms with Crippen LogP contribution in [-0.2, 0) is 14.8 Å². The number of hydrogen-bond donors (Lipinski definition) is 1. The molecule has 0 aromatic heterocycles. The molecule has 78 valence electrons. The normalized spacial score (nSPS) is 11.6. The van der Waals surface area contributed by atoms with Gasteiger partial charge in [-0.15, -0.1) is 0 Å². The summed E-state index contributed by atoms with van der Waals surface area (Å²) in [5, 5.41) is 8.89. The van der Waals surface area contributed by atoms with Crippen molar-refractivity contribution in [1.29, 1.82) is 0 Å². The topological polar surface area (TPSA) is 54.4 Å². The van der Waals surface area contributed by atoms with E-state index in [1.165, 1.54) is 0 Å². The van der Waals surface area contributed by atoms with Gasteiger partial charge in [0.1, 0.15) is 11.6 Å². The van der Waals surface area contributed by atoms with Gasteiger partial charge in [0.05, 0.1) is 10.8 Å². The van der Waals surface area contributed by atoms with Crippen molar-refractivity contribution in [2.24, 2.45) is 0 Å². The van der Waals surface area contributed by atoms with E-state index in [1.54, 1.807) is 0 Å². The summed E-state index contributed by atoms with van der Waals surface area (Å²) in [6, 6.07) is 1.76. The molecule has 1 aromatic carbocycles. The van der Waals surface area contributed by atoms with Gasteiger partial charge in [-0.25, -0.2) is 12.8 Å². The van der Waals surface area contributed by atoms with E-state index in [0.29, 0.717) is 0 Å². The molecule has 0 aliphatic rings. The number of rotatable bonds is 2. The van der Waals surface area contributed by atoms with Crippen LogP contribution in [0.3, 0.4) is 0 Å². The minimum Gasteiger partial charge on any atom is -0.508 e. The Kier molecular flexibility index (Phi) is 3.24. The lowest BCUT2D eigenvalue weighted by molar-refractivity contribution is 0.463. The summed E-state index contributed by atoms with van der Waals surface area (Å²) in [6.07, 6.45) is 0. The number of phenols is 1. The van der Waals surface area contributed by atoms with Crippen LogP contribution in [0, 0.1) is 5.82 Å². The molecule has 0 bridgehead atoms. The van der Waals surface area contributed by atoms with Crippen molar-refractivity contribution in [1.82, 2.24) is 0 Å². The van der Waals surface area contributed by atoms with Crippen LogP contribution in [0.4, 0.5) is 4.39 Å². The molecule has 0 saturated heterocycles. The second-order valence-corrected chi connectivity index (χ2v) is 5.76. The Balaban J connectivity index is 3.17. The standard InChI is InChI=1S/C7H5Cl2FO3S/c8-5-1-4(3-14(9,12)13)7(11)2-6(5)10/h1-2,11H,3H2. The van der Waals surface area contributed by atoms with Crippen LogP contribution >= 0.6 is 22.3 Å². The largest absolute Gasteiger partial charge is 0.508 e. The maximum atomic E-state index is 12.7. The third kappa shape index (κ3) is 3.01. The molecule has 0 heterocycles. The number of phenolic OH excluding ortho intramolecular Hbond substituents is 1. The molecule has 14 heavy (non-hydrogen) atoms. The van der Waals surface area contributed by atoms with Crippen molar-refractivity contribution >= 4 is 31.3 Å². The Morgan fingerprint density at radius 1 is 1.43 bits per heavy atom. The Labute approximate surface area is 89.5 Å². The summed E-state index contributed by atoms with van der Waals surface area (Å²) < 4.78 is 34.1. The first-order chi connectivity index (χ1) is 6.29. The molecule has 1 aromatic rings. The molecule has 0 fully saturated rings. The maximum absolute atomic E-state index is 12.7. The van der Waals surface area contributed by atoms with E-state index in [1.807, 2.05) is 0 Å². The van der Waals surface area contributed by atoms with Crippen molar-refractivity contribution < 1.29 is 17.9 Å². The van der Waals surface area contributed by atoms with Gasteiger partial charge in [-0.1, -0.05) is 11.6 Å². The van der Waals surface area contributed by atoms with Gasteiger partial charge in [0.2, 0.25) is 9.05 Å². The highest BCUT2D eigenvalue weighted by molar-refractivity contribution is 8.13. The molecule has 1 rings (SSSR count). The van der Waals surface area contributed by atoms with Crippen LogP contribution in [-0.4, -0.2) is 13.5 Å². The zero-order valence-electron chi connectivity index (χ0n) is 6.67. The zero-order chi connectivity index (χ0) is 10.9. The van der Waals surface area contributed by atoms with Crippen LogP contribution in [0.1, 0.15) is 5.56 Å². The zero-order valence-corrected chi connectivity index (χ0v) is 9.00. The molecule has 0 radical (unpaired) electrons. The Morgan fingerprint density at radius 3 is 2.50 bits per heavy atom. The molecule has 0 unspecified atom stereocenters. The van der Waals surface area contributed by atoms with E-state index < -0.39 is 26.4 Å². The van der Waals surface area contributed by atoms with Crippen LogP contribution < -0.4 is 0 Å². The fraction of sp³-hybridized carbons (Fsp3) is 0.143. The SMILES string of the molecule is O=S(=O)(Cl)Cc1cc(Cl)c(F)cc1O. The van der Waals surface area contributed by atoms with Gasteiger partial charge in [-0.05, 0) is 6.07 Å². The quantitative estimate of drug-likeness (QED) is 0.829. The molecule has 1 N–H and O–H groups in total. The summed E-state index contributed by atoms with van der Waals surface area (Å²) in [4.78, 5) is 0. The highest BCUT2D eigenvalue weighted by Crippen LogP contribution is 2.27. The lowest BCUT2D eigenvalue weighted by Gasteiger charge is -2.03. The lowest BCUT2D eigenvalue weighted by atomic mass is 10.2. The van der Waals surface area contributed by atoms with Crippen molar-refractivity contribution in [3.05, 3.63) is 28.5 Å². The fourth-order valence-electron chi connectivity index (χ4n) is 0.879. The van der Waals surface area contributed by atoms with Crippen LogP contribution in [0.25, 0.3) is 0 Å². The van der Waals surface area contributed by atoms with Crippen molar-refractivity contribution in [2.45, 2.75) is 5.75 Å². The number of hydrogen-bond acceptors (Lipinski definition) is 3. The van der Waals surface area contributed by atoms with Gasteiger partial charge in [0, 0.05) is 22.3 Å². The first-order valence-corrected chi connectivity index (χ1v) is 6.24. The van der Waals surface area contributed by atoms with E-state index in [2.05, 4.69) is 0 Å². The van der Waals surface area contributed by atoms with Gasteiger partial charge in [0.25, 0.3) is 0 Å². The second kappa shape index (κ2) is 3.92. The Hall–Kier alpha value is -0.520. The van der Waals surface area contributed by atoms with Gasteiger partial charge < -0.3 is 5.11 Å². The molecule has 0 atom stereocenters. The van der Waals surface area contributed by atoms with Crippen LogP contribution in [0.2, 0.25) is 5.02 Å². The summed E-state index contributed by atoms with van der Waals surface area (Å²) in [5.41, 5.74) is -0.0357. The molecule has 0 aliphatic carbocycles. The molecule has 0 spiro atoms. The smallest absolute Gasteiger partial charge is 0.236 e. The highest BCUT2D eigenvalue weighted by Gasteiger charge is 2.13.